The normalized spacial score (nSPS) is 16.3. The first-order chi connectivity index (χ1) is 15.3. The van der Waals surface area contributed by atoms with Crippen molar-refractivity contribution in [3.05, 3.63) is 88.4 Å². The van der Waals surface area contributed by atoms with Crippen LogP contribution in [0.2, 0.25) is 5.02 Å². The number of carbonyl (C=O) groups is 1. The largest absolute Gasteiger partial charge is 0.497 e. The molecular formula is C24H23ClN2O4S. The Labute approximate surface area is 192 Å². The highest BCUT2D eigenvalue weighted by molar-refractivity contribution is 7.89. The Morgan fingerprint density at radius 1 is 1.06 bits per heavy atom. The molecule has 4 rings (SSSR count). The Kier molecular flexibility index (Phi) is 6.24. The minimum atomic E-state index is -3.94. The zero-order valence-electron chi connectivity index (χ0n) is 17.7. The zero-order valence-corrected chi connectivity index (χ0v) is 19.3. The second kappa shape index (κ2) is 8.94. The summed E-state index contributed by atoms with van der Waals surface area (Å²) in [5.74, 6) is 0.169. The third-order valence-electron chi connectivity index (χ3n) is 5.62. The second-order valence-electron chi connectivity index (χ2n) is 7.66. The molecule has 0 unspecified atom stereocenters. The number of amides is 1. The van der Waals surface area contributed by atoms with Crippen LogP contribution in [-0.4, -0.2) is 31.8 Å². The van der Waals surface area contributed by atoms with E-state index in [1.165, 1.54) is 23.5 Å². The summed E-state index contributed by atoms with van der Waals surface area (Å²) in [4.78, 5) is 13.4. The van der Waals surface area contributed by atoms with Gasteiger partial charge in [0.1, 0.15) is 11.8 Å². The summed E-state index contributed by atoms with van der Waals surface area (Å²) in [7, 11) is -2.42. The average Bonchev–Trinajstić information content (AvgIpc) is 2.80. The number of anilines is 1. The van der Waals surface area contributed by atoms with Crippen molar-refractivity contribution >= 4 is 33.2 Å². The van der Waals surface area contributed by atoms with Crippen molar-refractivity contribution in [2.45, 2.75) is 30.8 Å². The van der Waals surface area contributed by atoms with Crippen LogP contribution in [0.15, 0.2) is 71.6 Å². The molecule has 0 radical (unpaired) electrons. The Hall–Kier alpha value is -2.87. The van der Waals surface area contributed by atoms with Gasteiger partial charge in [0, 0.05) is 17.3 Å². The van der Waals surface area contributed by atoms with Gasteiger partial charge in [0.2, 0.25) is 15.9 Å². The highest BCUT2D eigenvalue weighted by Crippen LogP contribution is 2.31. The molecule has 1 N–H and O–H groups in total. The minimum Gasteiger partial charge on any atom is -0.497 e. The summed E-state index contributed by atoms with van der Waals surface area (Å²) in [6.45, 7) is 1.95. The predicted octanol–water partition coefficient (Wildman–Crippen LogP) is 4.41. The SMILES string of the molecule is COc1ccc(S(=O)(=O)N2Cc3ccccc3C[C@H]2C(=O)Nc2ccc(Cl)cc2C)cc1. The van der Waals surface area contributed by atoms with Gasteiger partial charge in [0.25, 0.3) is 0 Å². The number of nitrogens with one attached hydrogen (secondary N) is 1. The highest BCUT2D eigenvalue weighted by atomic mass is 35.5. The van der Waals surface area contributed by atoms with Crippen molar-refractivity contribution in [2.75, 3.05) is 12.4 Å². The van der Waals surface area contributed by atoms with Crippen LogP contribution in [0.25, 0.3) is 0 Å². The topological polar surface area (TPSA) is 75.7 Å². The van der Waals surface area contributed by atoms with Gasteiger partial charge >= 0.3 is 0 Å². The first kappa shape index (κ1) is 22.3. The number of fused-ring (bicyclic) bond motifs is 1. The van der Waals surface area contributed by atoms with Crippen molar-refractivity contribution < 1.29 is 17.9 Å². The molecule has 1 aliphatic heterocycles. The van der Waals surface area contributed by atoms with Crippen molar-refractivity contribution in [2.24, 2.45) is 0 Å². The van der Waals surface area contributed by atoms with Crippen molar-refractivity contribution in [1.29, 1.82) is 0 Å². The third kappa shape index (κ3) is 4.37. The summed E-state index contributed by atoms with van der Waals surface area (Å²) in [6, 6.07) is 18.0. The molecule has 1 amide bonds. The van der Waals surface area contributed by atoms with Crippen LogP contribution in [0.5, 0.6) is 5.75 Å². The van der Waals surface area contributed by atoms with Crippen molar-refractivity contribution in [1.82, 2.24) is 4.31 Å². The van der Waals surface area contributed by atoms with Gasteiger partial charge in [-0.2, -0.15) is 4.31 Å². The van der Waals surface area contributed by atoms with Crippen LogP contribution in [0.3, 0.4) is 0 Å². The first-order valence-electron chi connectivity index (χ1n) is 10.1. The van der Waals surface area contributed by atoms with Gasteiger partial charge in [-0.05, 0) is 72.5 Å². The van der Waals surface area contributed by atoms with Crippen LogP contribution in [-0.2, 0) is 27.8 Å². The number of aryl methyl sites for hydroxylation is 1. The van der Waals surface area contributed by atoms with E-state index in [4.69, 9.17) is 16.3 Å². The fourth-order valence-electron chi connectivity index (χ4n) is 3.84. The smallest absolute Gasteiger partial charge is 0.244 e. The maximum Gasteiger partial charge on any atom is 0.244 e. The molecule has 1 atom stereocenters. The van der Waals surface area contributed by atoms with Gasteiger partial charge in [0.15, 0.2) is 0 Å². The number of nitrogens with zero attached hydrogens (tertiary/aromatic N) is 1. The molecule has 8 heteroatoms. The molecule has 0 aliphatic carbocycles. The number of halogens is 1. The quantitative estimate of drug-likeness (QED) is 0.599. The van der Waals surface area contributed by atoms with Crippen molar-refractivity contribution in [3.8, 4) is 5.75 Å². The maximum atomic E-state index is 13.6. The molecular weight excluding hydrogens is 448 g/mol. The average molecular weight is 471 g/mol. The van der Waals surface area contributed by atoms with E-state index in [1.54, 1.807) is 30.3 Å². The van der Waals surface area contributed by atoms with E-state index < -0.39 is 16.1 Å². The summed E-state index contributed by atoms with van der Waals surface area (Å²) in [5.41, 5.74) is 3.24. The molecule has 1 heterocycles. The first-order valence-corrected chi connectivity index (χ1v) is 11.9. The lowest BCUT2D eigenvalue weighted by molar-refractivity contribution is -0.120. The van der Waals surface area contributed by atoms with Gasteiger partial charge in [-0.1, -0.05) is 35.9 Å². The van der Waals surface area contributed by atoms with Gasteiger partial charge in [-0.15, -0.1) is 0 Å². The van der Waals surface area contributed by atoms with Crippen LogP contribution in [0, 0.1) is 6.92 Å². The number of ether oxygens (including phenoxy) is 1. The summed E-state index contributed by atoms with van der Waals surface area (Å²) >= 11 is 6.02. The van der Waals surface area contributed by atoms with Gasteiger partial charge in [-0.3, -0.25) is 4.79 Å². The number of benzene rings is 3. The van der Waals surface area contributed by atoms with Crippen molar-refractivity contribution in [3.63, 3.8) is 0 Å². The Morgan fingerprint density at radius 3 is 2.41 bits per heavy atom. The van der Waals surface area contributed by atoms with E-state index in [0.717, 1.165) is 16.7 Å². The third-order valence-corrected chi connectivity index (χ3v) is 7.72. The maximum absolute atomic E-state index is 13.6. The van der Waals surface area contributed by atoms with Crippen LogP contribution in [0.1, 0.15) is 16.7 Å². The molecule has 0 saturated heterocycles. The Bertz CT molecular complexity index is 1260. The molecule has 32 heavy (non-hydrogen) atoms. The fraction of sp³-hybridized carbons (Fsp3) is 0.208. The lowest BCUT2D eigenvalue weighted by Gasteiger charge is -2.35. The fourth-order valence-corrected chi connectivity index (χ4v) is 5.63. The van der Waals surface area contributed by atoms with Crippen LogP contribution < -0.4 is 10.1 Å². The summed E-state index contributed by atoms with van der Waals surface area (Å²) in [6.07, 6.45) is 0.282. The molecule has 0 aromatic heterocycles. The standard InChI is InChI=1S/C24H23ClN2O4S/c1-16-13-19(25)7-12-22(16)26-24(28)23-14-17-5-3-4-6-18(17)15-27(23)32(29,30)21-10-8-20(31-2)9-11-21/h3-13,23H,14-15H2,1-2H3,(H,26,28)/t23-/m0/s1. The van der Waals surface area contributed by atoms with E-state index in [2.05, 4.69) is 5.32 Å². The molecule has 0 bridgehead atoms. The minimum absolute atomic E-state index is 0.109. The number of rotatable bonds is 5. The number of methoxy groups -OCH3 is 1. The number of hydrogen-bond acceptors (Lipinski definition) is 4. The van der Waals surface area contributed by atoms with Gasteiger partial charge in [-0.25, -0.2) is 8.42 Å². The molecule has 0 fully saturated rings. The van der Waals surface area contributed by atoms with Crippen LogP contribution >= 0.6 is 11.6 Å². The van der Waals surface area contributed by atoms with E-state index >= 15 is 0 Å². The predicted molar refractivity (Wildman–Crippen MR) is 124 cm³/mol. The second-order valence-corrected chi connectivity index (χ2v) is 9.99. The molecule has 166 valence electrons. The molecule has 3 aromatic rings. The number of hydrogen-bond donors (Lipinski definition) is 1. The number of carbonyl (C=O) groups excluding carboxylic acids is 1. The molecule has 0 spiro atoms. The molecule has 0 saturated carbocycles. The van der Waals surface area contributed by atoms with E-state index in [0.29, 0.717) is 16.5 Å². The van der Waals surface area contributed by atoms with Crippen LogP contribution in [0.4, 0.5) is 5.69 Å². The zero-order chi connectivity index (χ0) is 22.9. The lowest BCUT2D eigenvalue weighted by Crippen LogP contribution is -2.50. The summed E-state index contributed by atoms with van der Waals surface area (Å²) < 4.78 is 33.5. The van der Waals surface area contributed by atoms with E-state index in [1.807, 2.05) is 31.2 Å². The molecule has 6 nitrogen and oxygen atoms in total. The lowest BCUT2D eigenvalue weighted by atomic mass is 9.95. The van der Waals surface area contributed by atoms with E-state index in [9.17, 15) is 13.2 Å². The Balaban J connectivity index is 1.71. The highest BCUT2D eigenvalue weighted by Gasteiger charge is 2.39. The van der Waals surface area contributed by atoms with Gasteiger partial charge < -0.3 is 10.1 Å². The Morgan fingerprint density at radius 2 is 1.75 bits per heavy atom. The summed E-state index contributed by atoms with van der Waals surface area (Å²) in [5, 5.41) is 3.45. The number of sulfonamides is 1. The van der Waals surface area contributed by atoms with E-state index in [-0.39, 0.29) is 23.8 Å². The molecule has 1 aliphatic rings. The monoisotopic (exact) mass is 470 g/mol. The van der Waals surface area contributed by atoms with Gasteiger partial charge in [0.05, 0.1) is 12.0 Å². The molecule has 3 aromatic carbocycles.